The molecule has 0 atom stereocenters. The van der Waals surface area contributed by atoms with Crippen LogP contribution in [-0.2, 0) is 0 Å². The highest BCUT2D eigenvalue weighted by Crippen LogP contribution is 2.31. The fraction of sp³-hybridized carbons (Fsp3) is 0. The van der Waals surface area contributed by atoms with E-state index in [1.165, 1.54) is 5.39 Å². The number of nitrogens with zero attached hydrogens (tertiary/aromatic N) is 1. The van der Waals surface area contributed by atoms with Crippen LogP contribution in [0.1, 0.15) is 0 Å². The molecule has 0 bridgehead atoms. The zero-order valence-electron chi connectivity index (χ0n) is 10.7. The number of benzene rings is 2. The van der Waals surface area contributed by atoms with Crippen LogP contribution in [0.3, 0.4) is 0 Å². The molecule has 0 aliphatic heterocycles. The summed E-state index contributed by atoms with van der Waals surface area (Å²) in [6.45, 7) is 0. The van der Waals surface area contributed by atoms with Gasteiger partial charge in [-0.2, -0.15) is 0 Å². The molecule has 0 saturated heterocycles. The number of hydrogen-bond donors (Lipinski definition) is 2. The molecule has 0 spiro atoms. The van der Waals surface area contributed by atoms with Gasteiger partial charge in [-0.15, -0.1) is 0 Å². The maximum absolute atomic E-state index is 9.42. The number of aromatic nitrogens is 2. The summed E-state index contributed by atoms with van der Waals surface area (Å²) in [5, 5.41) is 11.7. The number of pyridine rings is 1. The van der Waals surface area contributed by atoms with Crippen LogP contribution in [0.15, 0.2) is 60.8 Å². The number of phenolic OH excluding ortho intramolecular Hbond substituents is 1. The van der Waals surface area contributed by atoms with Crippen molar-refractivity contribution in [2.75, 3.05) is 0 Å². The van der Waals surface area contributed by atoms with Crippen molar-refractivity contribution < 1.29 is 5.11 Å². The van der Waals surface area contributed by atoms with Crippen molar-refractivity contribution in [1.29, 1.82) is 0 Å². The number of aromatic hydroxyl groups is 1. The molecule has 0 unspecified atom stereocenters. The van der Waals surface area contributed by atoms with Gasteiger partial charge in [-0.25, -0.2) is 4.98 Å². The minimum absolute atomic E-state index is 0.261. The molecule has 0 amide bonds. The van der Waals surface area contributed by atoms with Gasteiger partial charge in [0.25, 0.3) is 0 Å². The summed E-state index contributed by atoms with van der Waals surface area (Å²) in [7, 11) is 0. The van der Waals surface area contributed by atoms with Gasteiger partial charge in [-0.3, -0.25) is 0 Å². The van der Waals surface area contributed by atoms with E-state index in [0.717, 1.165) is 27.7 Å². The Morgan fingerprint density at radius 1 is 0.850 bits per heavy atom. The minimum Gasteiger partial charge on any atom is -0.508 e. The molecule has 2 aromatic carbocycles. The second kappa shape index (κ2) is 4.10. The van der Waals surface area contributed by atoms with E-state index in [1.807, 2.05) is 36.5 Å². The van der Waals surface area contributed by atoms with Crippen LogP contribution in [0.2, 0.25) is 0 Å². The Balaban J connectivity index is 2.11. The average molecular weight is 260 g/mol. The molecule has 96 valence electrons. The van der Waals surface area contributed by atoms with Gasteiger partial charge in [0.1, 0.15) is 5.75 Å². The molecule has 0 fully saturated rings. The third-order valence-corrected chi connectivity index (χ3v) is 3.55. The largest absolute Gasteiger partial charge is 0.508 e. The number of phenols is 1. The number of nitrogens with one attached hydrogen (secondary N) is 1. The lowest BCUT2D eigenvalue weighted by Crippen LogP contribution is -1.88. The highest BCUT2D eigenvalue weighted by molar-refractivity contribution is 6.09. The number of para-hydroxylation sites is 1. The van der Waals surface area contributed by atoms with Crippen molar-refractivity contribution in [3.8, 4) is 17.0 Å². The quantitative estimate of drug-likeness (QED) is 0.541. The van der Waals surface area contributed by atoms with Crippen LogP contribution in [-0.4, -0.2) is 15.1 Å². The Morgan fingerprint density at radius 3 is 2.50 bits per heavy atom. The van der Waals surface area contributed by atoms with Crippen LogP contribution < -0.4 is 0 Å². The van der Waals surface area contributed by atoms with Crippen LogP contribution >= 0.6 is 0 Å². The summed E-state index contributed by atoms with van der Waals surface area (Å²) in [6, 6.07) is 17.3. The minimum atomic E-state index is 0.261. The van der Waals surface area contributed by atoms with Gasteiger partial charge >= 0.3 is 0 Å². The van der Waals surface area contributed by atoms with E-state index in [9.17, 15) is 5.11 Å². The number of aromatic amines is 1. The Bertz CT molecular complexity index is 907. The Morgan fingerprint density at radius 2 is 1.65 bits per heavy atom. The first kappa shape index (κ1) is 11.1. The van der Waals surface area contributed by atoms with Gasteiger partial charge < -0.3 is 10.1 Å². The molecule has 20 heavy (non-hydrogen) atoms. The molecule has 0 aliphatic rings. The molecule has 4 aromatic rings. The molecular formula is C17H12N2O. The molecule has 0 aliphatic carbocycles. The number of hydrogen-bond acceptors (Lipinski definition) is 2. The summed E-state index contributed by atoms with van der Waals surface area (Å²) < 4.78 is 0. The second-order valence-electron chi connectivity index (χ2n) is 4.79. The van der Waals surface area contributed by atoms with Crippen molar-refractivity contribution in [3.63, 3.8) is 0 Å². The third kappa shape index (κ3) is 1.57. The fourth-order valence-corrected chi connectivity index (χ4v) is 2.59. The summed E-state index contributed by atoms with van der Waals surface area (Å²) >= 11 is 0. The van der Waals surface area contributed by atoms with Gasteiger partial charge in [-0.05, 0) is 36.4 Å². The fourth-order valence-electron chi connectivity index (χ4n) is 2.59. The first-order chi connectivity index (χ1) is 9.83. The van der Waals surface area contributed by atoms with Crippen molar-refractivity contribution in [2.45, 2.75) is 0 Å². The van der Waals surface area contributed by atoms with Gasteiger partial charge in [0.2, 0.25) is 0 Å². The summed E-state index contributed by atoms with van der Waals surface area (Å²) in [6.07, 6.45) is 1.93. The molecule has 0 saturated carbocycles. The van der Waals surface area contributed by atoms with Crippen LogP contribution in [0.5, 0.6) is 5.75 Å². The lowest BCUT2D eigenvalue weighted by atomic mass is 10.1. The SMILES string of the molecule is Oc1ccc(-c2nc3ccccc3c3cc[nH]c23)cc1. The maximum Gasteiger partial charge on any atom is 0.115 e. The van der Waals surface area contributed by atoms with Crippen molar-refractivity contribution in [1.82, 2.24) is 9.97 Å². The van der Waals surface area contributed by atoms with Crippen molar-refractivity contribution >= 4 is 21.8 Å². The average Bonchev–Trinajstić information content (AvgIpc) is 2.97. The highest BCUT2D eigenvalue weighted by atomic mass is 16.3. The third-order valence-electron chi connectivity index (χ3n) is 3.55. The van der Waals surface area contributed by atoms with Crippen LogP contribution in [0.4, 0.5) is 0 Å². The maximum atomic E-state index is 9.42. The first-order valence-electron chi connectivity index (χ1n) is 6.48. The summed E-state index contributed by atoms with van der Waals surface area (Å²) in [5.74, 6) is 0.261. The predicted octanol–water partition coefficient (Wildman–Crippen LogP) is 4.09. The van der Waals surface area contributed by atoms with Crippen LogP contribution in [0, 0.1) is 0 Å². The summed E-state index contributed by atoms with van der Waals surface area (Å²) in [4.78, 5) is 8.03. The monoisotopic (exact) mass is 260 g/mol. The Labute approximate surface area is 115 Å². The topological polar surface area (TPSA) is 48.9 Å². The zero-order chi connectivity index (χ0) is 13.5. The van der Waals surface area contributed by atoms with Gasteiger partial charge in [0.05, 0.1) is 16.7 Å². The van der Waals surface area contributed by atoms with Crippen LogP contribution in [0.25, 0.3) is 33.1 Å². The van der Waals surface area contributed by atoms with E-state index >= 15 is 0 Å². The number of H-pyrrole nitrogens is 1. The molecule has 3 heteroatoms. The van der Waals surface area contributed by atoms with Gasteiger partial charge in [0, 0.05) is 22.5 Å². The van der Waals surface area contributed by atoms with E-state index in [4.69, 9.17) is 4.98 Å². The molecule has 3 nitrogen and oxygen atoms in total. The van der Waals surface area contributed by atoms with E-state index in [-0.39, 0.29) is 5.75 Å². The molecule has 4 rings (SSSR count). The summed E-state index contributed by atoms with van der Waals surface area (Å²) in [5.41, 5.74) is 3.89. The van der Waals surface area contributed by atoms with E-state index in [2.05, 4.69) is 17.1 Å². The van der Waals surface area contributed by atoms with Gasteiger partial charge in [-0.1, -0.05) is 18.2 Å². The predicted molar refractivity (Wildman–Crippen MR) is 80.7 cm³/mol. The molecular weight excluding hydrogens is 248 g/mol. The molecule has 2 heterocycles. The normalized spacial score (nSPS) is 11.2. The van der Waals surface area contributed by atoms with E-state index in [0.29, 0.717) is 0 Å². The van der Waals surface area contributed by atoms with E-state index in [1.54, 1.807) is 12.1 Å². The highest BCUT2D eigenvalue weighted by Gasteiger charge is 2.10. The standard InChI is InChI=1S/C17H12N2O/c20-12-7-5-11(6-8-12)16-17-14(9-10-18-17)13-3-1-2-4-15(13)19-16/h1-10,18,20H. The number of rotatable bonds is 1. The Kier molecular flexibility index (Phi) is 2.27. The smallest absolute Gasteiger partial charge is 0.115 e. The molecule has 2 aromatic heterocycles. The van der Waals surface area contributed by atoms with Crippen molar-refractivity contribution in [3.05, 3.63) is 60.8 Å². The first-order valence-corrected chi connectivity index (χ1v) is 6.48. The second-order valence-corrected chi connectivity index (χ2v) is 4.79. The molecule has 0 radical (unpaired) electrons. The molecule has 2 N–H and O–H groups in total. The van der Waals surface area contributed by atoms with E-state index < -0.39 is 0 Å². The van der Waals surface area contributed by atoms with Crippen molar-refractivity contribution in [2.24, 2.45) is 0 Å². The lowest BCUT2D eigenvalue weighted by Gasteiger charge is -2.06. The van der Waals surface area contributed by atoms with Gasteiger partial charge in [0.15, 0.2) is 0 Å². The zero-order valence-corrected chi connectivity index (χ0v) is 10.7. The Hall–Kier alpha value is -2.81. The number of fused-ring (bicyclic) bond motifs is 3. The lowest BCUT2D eigenvalue weighted by molar-refractivity contribution is 0.475.